The smallest absolute Gasteiger partial charge is 0.239 e. The summed E-state index contributed by atoms with van der Waals surface area (Å²) in [7, 11) is 0. The van der Waals surface area contributed by atoms with Crippen molar-refractivity contribution in [2.75, 3.05) is 13.1 Å². The van der Waals surface area contributed by atoms with Gasteiger partial charge in [0.25, 0.3) is 0 Å². The van der Waals surface area contributed by atoms with E-state index in [-0.39, 0.29) is 18.4 Å². The fourth-order valence-corrected chi connectivity index (χ4v) is 1.94. The molecule has 1 aromatic carbocycles. The Kier molecular flexibility index (Phi) is 4.70. The van der Waals surface area contributed by atoms with Gasteiger partial charge in [-0.3, -0.25) is 9.59 Å². The molecule has 0 saturated carbocycles. The number of benzene rings is 1. The lowest BCUT2D eigenvalue weighted by Gasteiger charge is -2.06. The Balaban J connectivity index is 1.83. The number of amides is 2. The predicted molar refractivity (Wildman–Crippen MR) is 76.0 cm³/mol. The number of rotatable bonds is 6. The first-order valence-electron chi connectivity index (χ1n) is 6.64. The highest BCUT2D eigenvalue weighted by atomic mass is 16.2. The Bertz CT molecular complexity index is 606. The largest absolute Gasteiger partial charge is 0.355 e. The van der Waals surface area contributed by atoms with Gasteiger partial charge < -0.3 is 15.2 Å². The van der Waals surface area contributed by atoms with Gasteiger partial charge in [0.2, 0.25) is 11.8 Å². The van der Waals surface area contributed by atoms with Gasteiger partial charge in [-0.05, 0) is 19.1 Å². The average Bonchev–Trinajstić information content (AvgIpc) is 2.86. The second-order valence-electron chi connectivity index (χ2n) is 4.41. The molecule has 2 aromatic rings. The van der Waals surface area contributed by atoms with E-state index >= 15 is 0 Å². The van der Waals surface area contributed by atoms with E-state index in [0.717, 1.165) is 11.0 Å². The SMILES string of the molecule is CCNC(=O)CNC(=O)CCn1cnc2ccccc21. The van der Waals surface area contributed by atoms with E-state index in [1.165, 1.54) is 0 Å². The summed E-state index contributed by atoms with van der Waals surface area (Å²) in [6.45, 7) is 2.97. The van der Waals surface area contributed by atoms with Crippen LogP contribution in [0.3, 0.4) is 0 Å². The van der Waals surface area contributed by atoms with Crippen molar-refractivity contribution in [2.24, 2.45) is 0 Å². The van der Waals surface area contributed by atoms with E-state index in [0.29, 0.717) is 19.5 Å². The van der Waals surface area contributed by atoms with Crippen molar-refractivity contribution in [3.8, 4) is 0 Å². The maximum atomic E-state index is 11.7. The molecule has 0 fully saturated rings. The monoisotopic (exact) mass is 274 g/mol. The van der Waals surface area contributed by atoms with Crippen molar-refractivity contribution < 1.29 is 9.59 Å². The van der Waals surface area contributed by atoms with Crippen LogP contribution in [0.15, 0.2) is 30.6 Å². The van der Waals surface area contributed by atoms with Crippen molar-refractivity contribution >= 4 is 22.8 Å². The number of fused-ring (bicyclic) bond motifs is 1. The Morgan fingerprint density at radius 3 is 2.80 bits per heavy atom. The van der Waals surface area contributed by atoms with Gasteiger partial charge in [-0.2, -0.15) is 0 Å². The summed E-state index contributed by atoms with van der Waals surface area (Å²) in [5.74, 6) is -0.317. The van der Waals surface area contributed by atoms with Crippen LogP contribution in [-0.4, -0.2) is 34.5 Å². The van der Waals surface area contributed by atoms with Crippen molar-refractivity contribution in [3.05, 3.63) is 30.6 Å². The highest BCUT2D eigenvalue weighted by Gasteiger charge is 2.06. The summed E-state index contributed by atoms with van der Waals surface area (Å²) in [5, 5.41) is 5.22. The summed E-state index contributed by atoms with van der Waals surface area (Å²) >= 11 is 0. The fraction of sp³-hybridized carbons (Fsp3) is 0.357. The van der Waals surface area contributed by atoms with Gasteiger partial charge in [-0.1, -0.05) is 12.1 Å². The second kappa shape index (κ2) is 6.70. The number of aromatic nitrogens is 2. The molecule has 106 valence electrons. The van der Waals surface area contributed by atoms with Crippen LogP contribution < -0.4 is 10.6 Å². The topological polar surface area (TPSA) is 76.0 Å². The molecule has 6 nitrogen and oxygen atoms in total. The van der Waals surface area contributed by atoms with E-state index in [1.54, 1.807) is 6.33 Å². The lowest BCUT2D eigenvalue weighted by atomic mass is 10.3. The first kappa shape index (κ1) is 14.0. The molecule has 0 atom stereocenters. The minimum absolute atomic E-state index is 0.0251. The highest BCUT2D eigenvalue weighted by Crippen LogP contribution is 2.11. The van der Waals surface area contributed by atoms with Crippen LogP contribution in [0.4, 0.5) is 0 Å². The Hall–Kier alpha value is -2.37. The lowest BCUT2D eigenvalue weighted by molar-refractivity contribution is -0.126. The number of carbonyl (C=O) groups excluding carboxylic acids is 2. The van der Waals surface area contributed by atoms with E-state index in [2.05, 4.69) is 15.6 Å². The maximum Gasteiger partial charge on any atom is 0.239 e. The van der Waals surface area contributed by atoms with E-state index < -0.39 is 0 Å². The molecule has 0 unspecified atom stereocenters. The number of para-hydroxylation sites is 2. The molecule has 0 aliphatic heterocycles. The fourth-order valence-electron chi connectivity index (χ4n) is 1.94. The van der Waals surface area contributed by atoms with Crippen LogP contribution in [0.2, 0.25) is 0 Å². The van der Waals surface area contributed by atoms with Gasteiger partial charge in [-0.15, -0.1) is 0 Å². The number of nitrogens with one attached hydrogen (secondary N) is 2. The maximum absolute atomic E-state index is 11.7. The highest BCUT2D eigenvalue weighted by molar-refractivity contribution is 5.84. The minimum atomic E-state index is -0.172. The number of likely N-dealkylation sites (N-methyl/N-ethyl adjacent to an activating group) is 1. The number of hydrogen-bond acceptors (Lipinski definition) is 3. The molecular formula is C14H18N4O2. The number of aryl methyl sites for hydroxylation is 1. The molecule has 20 heavy (non-hydrogen) atoms. The number of imidazole rings is 1. The molecule has 0 spiro atoms. The van der Waals surface area contributed by atoms with E-state index in [4.69, 9.17) is 0 Å². The Morgan fingerprint density at radius 2 is 2.00 bits per heavy atom. The van der Waals surface area contributed by atoms with Gasteiger partial charge in [0.1, 0.15) is 0 Å². The van der Waals surface area contributed by atoms with E-state index in [9.17, 15) is 9.59 Å². The quantitative estimate of drug-likeness (QED) is 0.813. The number of hydrogen-bond donors (Lipinski definition) is 2. The second-order valence-corrected chi connectivity index (χ2v) is 4.41. The number of nitrogens with zero attached hydrogens (tertiary/aromatic N) is 2. The van der Waals surface area contributed by atoms with Crippen LogP contribution in [-0.2, 0) is 16.1 Å². The molecule has 6 heteroatoms. The summed E-state index contributed by atoms with van der Waals surface area (Å²) in [5.41, 5.74) is 1.92. The third kappa shape index (κ3) is 3.57. The zero-order valence-electron chi connectivity index (χ0n) is 11.4. The average molecular weight is 274 g/mol. The summed E-state index contributed by atoms with van der Waals surface area (Å²) in [4.78, 5) is 27.1. The third-order valence-corrected chi connectivity index (χ3v) is 2.93. The normalized spacial score (nSPS) is 10.4. The van der Waals surface area contributed by atoms with Crippen LogP contribution >= 0.6 is 0 Å². The van der Waals surface area contributed by atoms with Crippen molar-refractivity contribution in [2.45, 2.75) is 19.9 Å². The Morgan fingerprint density at radius 1 is 1.20 bits per heavy atom. The predicted octanol–water partition coefficient (Wildman–Crippen LogP) is 0.679. The molecule has 0 radical (unpaired) electrons. The van der Waals surface area contributed by atoms with Gasteiger partial charge in [0.05, 0.1) is 23.9 Å². The van der Waals surface area contributed by atoms with Gasteiger partial charge in [-0.25, -0.2) is 4.98 Å². The van der Waals surface area contributed by atoms with Gasteiger partial charge >= 0.3 is 0 Å². The molecule has 2 N–H and O–H groups in total. The summed E-state index contributed by atoms with van der Waals surface area (Å²) < 4.78 is 1.93. The third-order valence-electron chi connectivity index (χ3n) is 2.93. The lowest BCUT2D eigenvalue weighted by Crippen LogP contribution is -2.36. The molecule has 1 aromatic heterocycles. The summed E-state index contributed by atoms with van der Waals surface area (Å²) in [6.07, 6.45) is 2.04. The minimum Gasteiger partial charge on any atom is -0.355 e. The van der Waals surface area contributed by atoms with Crippen LogP contribution in [0.1, 0.15) is 13.3 Å². The van der Waals surface area contributed by atoms with E-state index in [1.807, 2.05) is 35.8 Å². The number of carbonyl (C=O) groups is 2. The molecular weight excluding hydrogens is 256 g/mol. The first-order valence-corrected chi connectivity index (χ1v) is 6.64. The zero-order valence-corrected chi connectivity index (χ0v) is 11.4. The van der Waals surface area contributed by atoms with Crippen LogP contribution in [0.25, 0.3) is 11.0 Å². The van der Waals surface area contributed by atoms with Crippen LogP contribution in [0, 0.1) is 0 Å². The zero-order chi connectivity index (χ0) is 14.4. The Labute approximate surface area is 117 Å². The first-order chi connectivity index (χ1) is 9.70. The van der Waals surface area contributed by atoms with Gasteiger partial charge in [0, 0.05) is 19.5 Å². The molecule has 1 heterocycles. The summed E-state index contributed by atoms with van der Waals surface area (Å²) in [6, 6.07) is 7.77. The molecule has 2 amide bonds. The molecule has 0 aliphatic carbocycles. The van der Waals surface area contributed by atoms with Crippen molar-refractivity contribution in [1.82, 2.24) is 20.2 Å². The molecule has 0 aliphatic rings. The molecule has 0 saturated heterocycles. The van der Waals surface area contributed by atoms with Crippen molar-refractivity contribution in [1.29, 1.82) is 0 Å². The van der Waals surface area contributed by atoms with Gasteiger partial charge in [0.15, 0.2) is 0 Å². The standard InChI is InChI=1S/C14H18N4O2/c1-2-15-14(20)9-16-13(19)7-8-18-10-17-11-5-3-4-6-12(11)18/h3-6,10H,2,7-9H2,1H3,(H,15,20)(H,16,19). The molecule has 2 rings (SSSR count). The van der Waals surface area contributed by atoms with Crippen molar-refractivity contribution in [3.63, 3.8) is 0 Å². The van der Waals surface area contributed by atoms with Crippen LogP contribution in [0.5, 0.6) is 0 Å². The molecule has 0 bridgehead atoms.